The quantitative estimate of drug-likeness (QED) is 0.339. The first-order chi connectivity index (χ1) is 19.0. The molecule has 3 rings (SSSR count). The van der Waals surface area contributed by atoms with E-state index in [1.807, 2.05) is 20.8 Å². The number of hydrogen-bond acceptors (Lipinski definition) is 6. The van der Waals surface area contributed by atoms with Crippen LogP contribution < -0.4 is 19.1 Å². The summed E-state index contributed by atoms with van der Waals surface area (Å²) in [5.74, 6) is 0.448. The van der Waals surface area contributed by atoms with Crippen molar-refractivity contribution in [3.8, 4) is 11.5 Å². The lowest BCUT2D eigenvalue weighted by molar-refractivity contribution is -0.141. The lowest BCUT2D eigenvalue weighted by Crippen LogP contribution is -2.50. The van der Waals surface area contributed by atoms with Gasteiger partial charge in [0.15, 0.2) is 11.5 Å². The summed E-state index contributed by atoms with van der Waals surface area (Å²) in [6.45, 7) is 6.60. The van der Waals surface area contributed by atoms with E-state index in [9.17, 15) is 18.0 Å². The predicted octanol–water partition coefficient (Wildman–Crippen LogP) is 5.03. The van der Waals surface area contributed by atoms with Crippen molar-refractivity contribution in [1.29, 1.82) is 0 Å². The van der Waals surface area contributed by atoms with Crippen molar-refractivity contribution in [2.75, 3.05) is 30.3 Å². The van der Waals surface area contributed by atoms with E-state index in [4.69, 9.17) is 32.7 Å². The fourth-order valence-corrected chi connectivity index (χ4v) is 5.88. The first kappa shape index (κ1) is 31.8. The lowest BCUT2D eigenvalue weighted by atomic mass is 10.1. The summed E-state index contributed by atoms with van der Waals surface area (Å²) in [5.41, 5.74) is 0.960. The van der Waals surface area contributed by atoms with E-state index in [0.29, 0.717) is 52.4 Å². The summed E-state index contributed by atoms with van der Waals surface area (Å²) in [4.78, 5) is 28.3. The van der Waals surface area contributed by atoms with Gasteiger partial charge in [-0.15, -0.1) is 0 Å². The lowest BCUT2D eigenvalue weighted by Gasteiger charge is -2.32. The minimum Gasteiger partial charge on any atom is -0.486 e. The molecule has 12 heteroatoms. The molecular formula is C28H37Cl2N3O6S. The van der Waals surface area contributed by atoms with Gasteiger partial charge in [-0.25, -0.2) is 8.42 Å². The summed E-state index contributed by atoms with van der Waals surface area (Å²) in [7, 11) is -3.66. The molecule has 0 bridgehead atoms. The van der Waals surface area contributed by atoms with E-state index in [-0.39, 0.29) is 43.8 Å². The minimum absolute atomic E-state index is 0.00571. The third-order valence-electron chi connectivity index (χ3n) is 6.74. The van der Waals surface area contributed by atoms with Gasteiger partial charge in [0.05, 0.1) is 11.9 Å². The molecule has 0 saturated heterocycles. The first-order valence-corrected chi connectivity index (χ1v) is 16.0. The van der Waals surface area contributed by atoms with Crippen molar-refractivity contribution in [3.63, 3.8) is 0 Å². The maximum Gasteiger partial charge on any atom is 0.243 e. The molecule has 0 saturated carbocycles. The van der Waals surface area contributed by atoms with Crippen LogP contribution in [0.1, 0.15) is 52.0 Å². The molecule has 1 heterocycles. The molecule has 0 aliphatic carbocycles. The van der Waals surface area contributed by atoms with Crippen LogP contribution in [0, 0.1) is 0 Å². The molecule has 1 N–H and O–H groups in total. The summed E-state index contributed by atoms with van der Waals surface area (Å²) in [5, 5.41) is 3.75. The van der Waals surface area contributed by atoms with Crippen molar-refractivity contribution in [3.05, 3.63) is 52.0 Å². The van der Waals surface area contributed by atoms with Crippen LogP contribution in [0.2, 0.25) is 10.0 Å². The number of nitrogens with zero attached hydrogens (tertiary/aromatic N) is 2. The highest BCUT2D eigenvalue weighted by atomic mass is 35.5. The van der Waals surface area contributed by atoms with E-state index in [2.05, 4.69) is 5.32 Å². The molecule has 1 aliphatic heterocycles. The fraction of sp³-hybridized carbons (Fsp3) is 0.500. The van der Waals surface area contributed by atoms with Crippen molar-refractivity contribution in [2.45, 2.75) is 65.1 Å². The van der Waals surface area contributed by atoms with Gasteiger partial charge in [-0.3, -0.25) is 13.9 Å². The second kappa shape index (κ2) is 14.3. The van der Waals surface area contributed by atoms with Crippen LogP contribution in [-0.4, -0.2) is 63.2 Å². The third-order valence-corrected chi connectivity index (χ3v) is 8.65. The molecule has 2 aromatic carbocycles. The number of carbonyl (C=O) groups excluding carboxylic acids is 2. The maximum absolute atomic E-state index is 13.6. The zero-order chi connectivity index (χ0) is 29.4. The molecule has 2 aromatic rings. The average molecular weight is 615 g/mol. The van der Waals surface area contributed by atoms with Crippen LogP contribution in [0.15, 0.2) is 36.4 Å². The fourth-order valence-electron chi connectivity index (χ4n) is 4.41. The summed E-state index contributed by atoms with van der Waals surface area (Å²) in [6, 6.07) is 9.21. The van der Waals surface area contributed by atoms with E-state index >= 15 is 0 Å². The maximum atomic E-state index is 13.6. The molecule has 0 fully saturated rings. The van der Waals surface area contributed by atoms with Crippen LogP contribution in [0.25, 0.3) is 0 Å². The monoisotopic (exact) mass is 613 g/mol. The van der Waals surface area contributed by atoms with E-state index in [0.717, 1.165) is 12.7 Å². The Morgan fingerprint density at radius 1 is 1.02 bits per heavy atom. The van der Waals surface area contributed by atoms with Crippen molar-refractivity contribution < 1.29 is 27.5 Å². The summed E-state index contributed by atoms with van der Waals surface area (Å²) in [6.07, 6.45) is 2.46. The van der Waals surface area contributed by atoms with Gasteiger partial charge in [-0.2, -0.15) is 0 Å². The van der Waals surface area contributed by atoms with Crippen LogP contribution in [0.4, 0.5) is 5.69 Å². The van der Waals surface area contributed by atoms with Crippen LogP contribution in [0.5, 0.6) is 11.5 Å². The Kier molecular flexibility index (Phi) is 11.4. The molecule has 9 nitrogen and oxygen atoms in total. The highest BCUT2D eigenvalue weighted by Crippen LogP contribution is 2.35. The van der Waals surface area contributed by atoms with Gasteiger partial charge in [-0.1, -0.05) is 43.1 Å². The molecular weight excluding hydrogens is 577 g/mol. The number of amides is 2. The molecule has 2 atom stereocenters. The summed E-state index contributed by atoms with van der Waals surface area (Å²) >= 11 is 12.8. The van der Waals surface area contributed by atoms with Gasteiger partial charge >= 0.3 is 0 Å². The third kappa shape index (κ3) is 8.17. The molecule has 2 amide bonds. The van der Waals surface area contributed by atoms with Gasteiger partial charge in [-0.05, 0) is 50.5 Å². The Morgan fingerprint density at radius 2 is 1.68 bits per heavy atom. The Morgan fingerprint density at radius 3 is 2.27 bits per heavy atom. The summed E-state index contributed by atoms with van der Waals surface area (Å²) < 4.78 is 37.7. The Bertz CT molecular complexity index is 1290. The normalized spacial score (nSPS) is 14.2. The number of sulfonamides is 1. The smallest absolute Gasteiger partial charge is 0.243 e. The predicted molar refractivity (Wildman–Crippen MR) is 158 cm³/mol. The Balaban J connectivity index is 1.81. The highest BCUT2D eigenvalue weighted by molar-refractivity contribution is 7.92. The molecule has 0 unspecified atom stereocenters. The zero-order valence-electron chi connectivity index (χ0n) is 23.3. The molecule has 220 valence electrons. The number of ether oxygens (including phenoxy) is 2. The molecule has 0 aromatic heterocycles. The number of benzene rings is 2. The van der Waals surface area contributed by atoms with Gasteiger partial charge in [0.25, 0.3) is 0 Å². The van der Waals surface area contributed by atoms with Crippen LogP contribution in [-0.2, 0) is 26.2 Å². The number of rotatable bonds is 13. The molecule has 0 spiro atoms. The zero-order valence-corrected chi connectivity index (χ0v) is 25.6. The second-order valence-corrected chi connectivity index (χ2v) is 12.5. The molecule has 0 radical (unpaired) electrons. The number of nitrogens with one attached hydrogen (secondary N) is 1. The molecule has 1 aliphatic rings. The van der Waals surface area contributed by atoms with E-state index in [1.165, 1.54) is 9.21 Å². The van der Waals surface area contributed by atoms with Crippen LogP contribution in [0.3, 0.4) is 0 Å². The second-order valence-electron chi connectivity index (χ2n) is 9.73. The van der Waals surface area contributed by atoms with E-state index < -0.39 is 16.1 Å². The van der Waals surface area contributed by atoms with Crippen molar-refractivity contribution in [1.82, 2.24) is 10.2 Å². The van der Waals surface area contributed by atoms with Gasteiger partial charge in [0.2, 0.25) is 21.8 Å². The number of fused-ring (bicyclic) bond motifs is 1. The first-order valence-electron chi connectivity index (χ1n) is 13.4. The van der Waals surface area contributed by atoms with Gasteiger partial charge in [0, 0.05) is 47.2 Å². The Labute approximate surface area is 246 Å². The van der Waals surface area contributed by atoms with Crippen molar-refractivity contribution >= 4 is 50.7 Å². The van der Waals surface area contributed by atoms with Gasteiger partial charge < -0.3 is 19.7 Å². The number of anilines is 1. The highest BCUT2D eigenvalue weighted by Gasteiger charge is 2.30. The van der Waals surface area contributed by atoms with Crippen LogP contribution >= 0.6 is 23.2 Å². The SMILES string of the molecule is CC[C@H](C)NC(=O)[C@H](CC)N(Cc1c(Cl)cccc1Cl)C(=O)CCCN(c1ccc2c(c1)OCCO2)S(C)(=O)=O. The minimum atomic E-state index is -3.66. The van der Waals surface area contributed by atoms with Crippen molar-refractivity contribution in [2.24, 2.45) is 0 Å². The number of carbonyl (C=O) groups is 2. The number of hydrogen-bond donors (Lipinski definition) is 1. The Hall–Kier alpha value is -2.69. The topological polar surface area (TPSA) is 105 Å². The molecule has 40 heavy (non-hydrogen) atoms. The number of halogens is 2. The standard InChI is InChI=1S/C28H37Cl2N3O6S/c1-5-19(3)31-28(35)24(6-2)32(18-21-22(29)9-7-10-23(21)30)27(34)11-8-14-33(40(4,36)37)20-12-13-25-26(17-20)39-16-15-38-25/h7,9-10,12-13,17,19,24H,5-6,8,11,14-16,18H2,1-4H3,(H,31,35)/t19-,24-/m0/s1. The largest absolute Gasteiger partial charge is 0.486 e. The van der Waals surface area contributed by atoms with Gasteiger partial charge in [0.1, 0.15) is 19.3 Å². The average Bonchev–Trinajstić information content (AvgIpc) is 2.91. The van der Waals surface area contributed by atoms with E-state index in [1.54, 1.807) is 36.4 Å².